The van der Waals surface area contributed by atoms with Gasteiger partial charge in [-0.15, -0.1) is 11.6 Å². The Morgan fingerprint density at radius 2 is 2.07 bits per heavy atom. The van der Waals surface area contributed by atoms with Crippen molar-refractivity contribution in [3.63, 3.8) is 0 Å². The second-order valence-corrected chi connectivity index (χ2v) is 6.51. The molecule has 2 aliphatic rings. The lowest BCUT2D eigenvalue weighted by atomic mass is 9.88. The molecule has 0 saturated heterocycles. The van der Waals surface area contributed by atoms with E-state index in [1.807, 2.05) is 0 Å². The molecule has 5 atom stereocenters. The molecule has 0 amide bonds. The van der Waals surface area contributed by atoms with E-state index < -0.39 is 0 Å². The summed E-state index contributed by atoms with van der Waals surface area (Å²) in [4.78, 5) is 0. The van der Waals surface area contributed by atoms with E-state index >= 15 is 0 Å². The largest absolute Gasteiger partial charge is 0.314 e. The number of alkyl halides is 1. The molecule has 0 aromatic carbocycles. The third kappa shape index (κ3) is 3.10. The zero-order chi connectivity index (χ0) is 10.8. The normalized spacial score (nSPS) is 38.2. The summed E-state index contributed by atoms with van der Waals surface area (Å²) in [6.07, 6.45) is 7.10. The molecule has 15 heavy (non-hydrogen) atoms. The first kappa shape index (κ1) is 11.7. The first-order valence-corrected chi connectivity index (χ1v) is 6.96. The number of fused-ring (bicyclic) bond motifs is 2. The van der Waals surface area contributed by atoms with E-state index in [4.69, 9.17) is 11.6 Å². The molecule has 2 rings (SSSR count). The molecule has 2 fully saturated rings. The van der Waals surface area contributed by atoms with Gasteiger partial charge in [-0.1, -0.05) is 6.42 Å². The summed E-state index contributed by atoms with van der Waals surface area (Å²) in [5.74, 6) is 3.09. The van der Waals surface area contributed by atoms with E-state index in [0.717, 1.165) is 24.2 Å². The Balaban J connectivity index is 1.66. The van der Waals surface area contributed by atoms with Crippen molar-refractivity contribution in [3.8, 4) is 0 Å². The molecular formula is C13H24ClN. The van der Waals surface area contributed by atoms with Crippen LogP contribution in [0.1, 0.15) is 46.0 Å². The zero-order valence-corrected chi connectivity index (χ0v) is 10.8. The Kier molecular flexibility index (Phi) is 3.95. The van der Waals surface area contributed by atoms with Crippen LogP contribution >= 0.6 is 11.6 Å². The van der Waals surface area contributed by atoms with Crippen LogP contribution in [0.4, 0.5) is 0 Å². The summed E-state index contributed by atoms with van der Waals surface area (Å²) in [5.41, 5.74) is 0. The molecule has 5 unspecified atom stereocenters. The maximum Gasteiger partial charge on any atom is 0.0322 e. The highest BCUT2D eigenvalue weighted by atomic mass is 35.5. The molecule has 0 spiro atoms. The first-order valence-electron chi connectivity index (χ1n) is 6.52. The van der Waals surface area contributed by atoms with Crippen LogP contribution in [-0.2, 0) is 0 Å². The Morgan fingerprint density at radius 3 is 2.60 bits per heavy atom. The standard InChI is InChI=1S/C13H24ClN/c1-9(14)5-10(2)15-8-13-7-11-3-4-12(13)6-11/h9-13,15H,3-8H2,1-2H3. The minimum absolute atomic E-state index is 0.299. The maximum atomic E-state index is 5.99. The first-order chi connectivity index (χ1) is 7.15. The second-order valence-electron chi connectivity index (χ2n) is 5.76. The number of halogens is 1. The lowest BCUT2D eigenvalue weighted by molar-refractivity contribution is 0.306. The molecule has 2 saturated carbocycles. The van der Waals surface area contributed by atoms with Crippen molar-refractivity contribution in [3.05, 3.63) is 0 Å². The van der Waals surface area contributed by atoms with Gasteiger partial charge in [-0.2, -0.15) is 0 Å². The Bertz CT molecular complexity index is 205. The van der Waals surface area contributed by atoms with Gasteiger partial charge in [-0.25, -0.2) is 0 Å². The molecule has 1 N–H and O–H groups in total. The predicted molar refractivity (Wildman–Crippen MR) is 66.3 cm³/mol. The van der Waals surface area contributed by atoms with Crippen LogP contribution in [0.2, 0.25) is 0 Å². The molecule has 2 heteroatoms. The highest BCUT2D eigenvalue weighted by molar-refractivity contribution is 6.20. The van der Waals surface area contributed by atoms with Gasteiger partial charge in [0.25, 0.3) is 0 Å². The lowest BCUT2D eigenvalue weighted by Gasteiger charge is -2.24. The minimum atomic E-state index is 0.299. The number of nitrogens with one attached hydrogen (secondary N) is 1. The van der Waals surface area contributed by atoms with Gasteiger partial charge in [0.1, 0.15) is 0 Å². The Hall–Kier alpha value is 0.250. The van der Waals surface area contributed by atoms with Gasteiger partial charge in [-0.05, 0) is 63.8 Å². The lowest BCUT2D eigenvalue weighted by Crippen LogP contribution is -2.34. The van der Waals surface area contributed by atoms with E-state index in [1.165, 1.54) is 32.2 Å². The van der Waals surface area contributed by atoms with Gasteiger partial charge in [0.05, 0.1) is 0 Å². The fraction of sp³-hybridized carbons (Fsp3) is 1.00. The van der Waals surface area contributed by atoms with Crippen LogP contribution in [0.3, 0.4) is 0 Å². The van der Waals surface area contributed by atoms with Gasteiger partial charge in [-0.3, -0.25) is 0 Å². The Labute approximate surface area is 99.0 Å². The number of rotatable bonds is 5. The van der Waals surface area contributed by atoms with Crippen molar-refractivity contribution in [1.82, 2.24) is 5.32 Å². The van der Waals surface area contributed by atoms with Crippen LogP contribution in [0.25, 0.3) is 0 Å². The fourth-order valence-electron chi connectivity index (χ4n) is 3.55. The molecule has 88 valence electrons. The molecule has 1 nitrogen and oxygen atoms in total. The van der Waals surface area contributed by atoms with Crippen molar-refractivity contribution in [2.75, 3.05) is 6.54 Å². The molecule has 0 heterocycles. The average molecular weight is 230 g/mol. The quantitative estimate of drug-likeness (QED) is 0.713. The number of hydrogen-bond donors (Lipinski definition) is 1. The SMILES string of the molecule is CC(Cl)CC(C)NCC1CC2CCC1C2. The highest BCUT2D eigenvalue weighted by Crippen LogP contribution is 2.47. The van der Waals surface area contributed by atoms with Crippen LogP contribution in [0.5, 0.6) is 0 Å². The van der Waals surface area contributed by atoms with Gasteiger partial charge in [0, 0.05) is 11.4 Å². The van der Waals surface area contributed by atoms with Crippen molar-refractivity contribution in [2.45, 2.75) is 57.4 Å². The van der Waals surface area contributed by atoms with Gasteiger partial charge < -0.3 is 5.32 Å². The van der Waals surface area contributed by atoms with Crippen molar-refractivity contribution < 1.29 is 0 Å². The van der Waals surface area contributed by atoms with E-state index in [2.05, 4.69) is 19.2 Å². The monoisotopic (exact) mass is 229 g/mol. The summed E-state index contributed by atoms with van der Waals surface area (Å²) in [7, 11) is 0. The summed E-state index contributed by atoms with van der Waals surface area (Å²) in [6.45, 7) is 5.56. The molecular weight excluding hydrogens is 206 g/mol. The van der Waals surface area contributed by atoms with Crippen molar-refractivity contribution >= 4 is 11.6 Å². The summed E-state index contributed by atoms with van der Waals surface area (Å²) in [5, 5.41) is 3.95. The molecule has 2 aliphatic carbocycles. The van der Waals surface area contributed by atoms with Crippen molar-refractivity contribution in [2.24, 2.45) is 17.8 Å². The van der Waals surface area contributed by atoms with Crippen LogP contribution in [0.15, 0.2) is 0 Å². The molecule has 0 radical (unpaired) electrons. The third-order valence-corrected chi connectivity index (χ3v) is 4.47. The minimum Gasteiger partial charge on any atom is -0.314 e. The third-order valence-electron chi connectivity index (χ3n) is 4.29. The smallest absolute Gasteiger partial charge is 0.0322 e. The zero-order valence-electron chi connectivity index (χ0n) is 10.0. The van der Waals surface area contributed by atoms with Crippen LogP contribution in [0, 0.1) is 17.8 Å². The second kappa shape index (κ2) is 5.05. The van der Waals surface area contributed by atoms with Gasteiger partial charge in [0.2, 0.25) is 0 Å². The summed E-state index contributed by atoms with van der Waals surface area (Å²) < 4.78 is 0. The van der Waals surface area contributed by atoms with Crippen LogP contribution in [-0.4, -0.2) is 18.0 Å². The van der Waals surface area contributed by atoms with Gasteiger partial charge in [0.15, 0.2) is 0 Å². The summed E-state index contributed by atoms with van der Waals surface area (Å²) >= 11 is 5.99. The van der Waals surface area contributed by atoms with Crippen LogP contribution < -0.4 is 5.32 Å². The van der Waals surface area contributed by atoms with E-state index in [1.54, 1.807) is 0 Å². The predicted octanol–water partition coefficient (Wildman–Crippen LogP) is 3.42. The highest BCUT2D eigenvalue weighted by Gasteiger charge is 2.38. The van der Waals surface area contributed by atoms with E-state index in [0.29, 0.717) is 11.4 Å². The Morgan fingerprint density at radius 1 is 1.27 bits per heavy atom. The molecule has 2 bridgehead atoms. The molecule has 0 aliphatic heterocycles. The average Bonchev–Trinajstić information content (AvgIpc) is 2.74. The van der Waals surface area contributed by atoms with E-state index in [-0.39, 0.29) is 0 Å². The topological polar surface area (TPSA) is 12.0 Å². The summed E-state index contributed by atoms with van der Waals surface area (Å²) in [6, 6.07) is 0.580. The van der Waals surface area contributed by atoms with Crippen molar-refractivity contribution in [1.29, 1.82) is 0 Å². The molecule has 0 aromatic heterocycles. The number of hydrogen-bond acceptors (Lipinski definition) is 1. The van der Waals surface area contributed by atoms with Gasteiger partial charge >= 0.3 is 0 Å². The van der Waals surface area contributed by atoms with E-state index in [9.17, 15) is 0 Å². The maximum absolute atomic E-state index is 5.99. The fourth-order valence-corrected chi connectivity index (χ4v) is 3.82. The molecule has 0 aromatic rings.